The molecule has 2 amide bonds. The summed E-state index contributed by atoms with van der Waals surface area (Å²) in [7, 11) is 0. The van der Waals surface area contributed by atoms with Crippen molar-refractivity contribution in [3.05, 3.63) is 98.4 Å². The van der Waals surface area contributed by atoms with Crippen LogP contribution in [0.15, 0.2) is 75.9 Å². The third-order valence-corrected chi connectivity index (χ3v) is 7.21. The first-order valence-corrected chi connectivity index (χ1v) is 12.0. The first-order chi connectivity index (χ1) is 16.4. The number of carbonyl (C=O) groups excluding carboxylic acids is 2. The van der Waals surface area contributed by atoms with Crippen molar-refractivity contribution in [3.8, 4) is 6.07 Å². The molecule has 1 aliphatic rings. The fourth-order valence-corrected chi connectivity index (χ4v) is 5.09. The maximum atomic E-state index is 13.5. The Kier molecular flexibility index (Phi) is 7.32. The Morgan fingerprint density at radius 2 is 1.94 bits per heavy atom. The van der Waals surface area contributed by atoms with Crippen LogP contribution in [0, 0.1) is 18.3 Å². The number of nitriles is 1. The van der Waals surface area contributed by atoms with Crippen molar-refractivity contribution in [1.29, 1.82) is 5.26 Å². The Hall–Kier alpha value is -3.18. The lowest BCUT2D eigenvalue weighted by atomic mass is 10.1. The van der Waals surface area contributed by atoms with Crippen LogP contribution in [0.2, 0.25) is 10.0 Å². The van der Waals surface area contributed by atoms with Gasteiger partial charge in [0.15, 0.2) is 0 Å². The maximum Gasteiger partial charge on any atom is 0.265 e. The summed E-state index contributed by atoms with van der Waals surface area (Å²) in [5.41, 5.74) is 2.30. The van der Waals surface area contributed by atoms with Crippen molar-refractivity contribution in [2.24, 2.45) is 0 Å². The summed E-state index contributed by atoms with van der Waals surface area (Å²) in [6, 6.07) is 18.0. The first-order valence-electron chi connectivity index (χ1n) is 10.3. The Bertz CT molecular complexity index is 1300. The van der Waals surface area contributed by atoms with E-state index in [9.17, 15) is 14.9 Å². The van der Waals surface area contributed by atoms with Gasteiger partial charge in [-0.2, -0.15) is 5.26 Å². The Labute approximate surface area is 211 Å². The molecule has 34 heavy (non-hydrogen) atoms. The molecule has 0 unspecified atom stereocenters. The number of aryl methyl sites for hydroxylation is 1. The molecule has 3 aromatic rings. The topological polar surface area (TPSA) is 86.3 Å². The van der Waals surface area contributed by atoms with Crippen LogP contribution in [0.4, 0.5) is 5.69 Å². The molecule has 0 bridgehead atoms. The highest BCUT2D eigenvalue weighted by molar-refractivity contribution is 8.05. The molecule has 1 N–H and O–H groups in total. The maximum absolute atomic E-state index is 13.5. The van der Waals surface area contributed by atoms with Crippen LogP contribution in [-0.2, 0) is 22.6 Å². The fourth-order valence-electron chi connectivity index (χ4n) is 3.47. The average molecular weight is 512 g/mol. The van der Waals surface area contributed by atoms with Gasteiger partial charge in [0.05, 0.1) is 28.1 Å². The number of halogens is 2. The van der Waals surface area contributed by atoms with Crippen molar-refractivity contribution >= 4 is 52.5 Å². The van der Waals surface area contributed by atoms with Gasteiger partial charge in [-0.25, -0.2) is 0 Å². The van der Waals surface area contributed by atoms with Gasteiger partial charge in [-0.1, -0.05) is 58.7 Å². The molecule has 9 heteroatoms. The van der Waals surface area contributed by atoms with Crippen LogP contribution in [0.5, 0.6) is 0 Å². The summed E-state index contributed by atoms with van der Waals surface area (Å²) in [5, 5.41) is 13.1. The summed E-state index contributed by atoms with van der Waals surface area (Å²) in [6.07, 6.45) is 1.86. The molecule has 1 saturated heterocycles. The van der Waals surface area contributed by atoms with Crippen LogP contribution >= 0.6 is 35.0 Å². The lowest BCUT2D eigenvalue weighted by Gasteiger charge is -2.19. The molecule has 172 valence electrons. The number of carbonyl (C=O) groups is 2. The minimum absolute atomic E-state index is 0.125. The number of thioether (sulfide) groups is 1. The zero-order valence-electron chi connectivity index (χ0n) is 18.0. The number of benzene rings is 2. The summed E-state index contributed by atoms with van der Waals surface area (Å²) in [4.78, 5) is 27.9. The fraction of sp³-hybridized carbons (Fsp3) is 0.160. The van der Waals surface area contributed by atoms with Crippen LogP contribution in [0.1, 0.15) is 16.9 Å². The van der Waals surface area contributed by atoms with Crippen LogP contribution in [-0.4, -0.2) is 17.1 Å². The number of hydrogen-bond acceptors (Lipinski definition) is 5. The van der Waals surface area contributed by atoms with E-state index in [0.717, 1.165) is 11.1 Å². The molecule has 0 saturated carbocycles. The zero-order valence-corrected chi connectivity index (χ0v) is 20.4. The molecule has 1 aromatic heterocycles. The van der Waals surface area contributed by atoms with E-state index in [1.54, 1.807) is 42.5 Å². The van der Waals surface area contributed by atoms with Crippen molar-refractivity contribution in [3.63, 3.8) is 0 Å². The average Bonchev–Trinajstić information content (AvgIpc) is 3.45. The molecule has 4 rings (SSSR count). The molecule has 2 heterocycles. The highest BCUT2D eigenvalue weighted by Gasteiger charge is 2.40. The SMILES string of the molecule is Cc1ccc(N2C(=O)[C@H](Cc3ccc(Cl)c(Cl)c3)S/C2=C(/C#N)C(=O)NCc2ccco2)cc1. The summed E-state index contributed by atoms with van der Waals surface area (Å²) >= 11 is 13.4. The second-order valence-electron chi connectivity index (χ2n) is 7.62. The second-order valence-corrected chi connectivity index (χ2v) is 9.63. The van der Waals surface area contributed by atoms with E-state index >= 15 is 0 Å². The largest absolute Gasteiger partial charge is 0.467 e. The Morgan fingerprint density at radius 1 is 1.18 bits per heavy atom. The van der Waals surface area contributed by atoms with E-state index in [2.05, 4.69) is 5.32 Å². The number of nitrogens with zero attached hydrogens (tertiary/aromatic N) is 2. The van der Waals surface area contributed by atoms with Gasteiger partial charge >= 0.3 is 0 Å². The van der Waals surface area contributed by atoms with E-state index in [4.69, 9.17) is 27.6 Å². The predicted molar refractivity (Wildman–Crippen MR) is 133 cm³/mol. The molecule has 1 fully saturated rings. The molecule has 1 aliphatic heterocycles. The van der Waals surface area contributed by atoms with Gasteiger partial charge in [0.1, 0.15) is 22.4 Å². The van der Waals surface area contributed by atoms with E-state index in [0.29, 0.717) is 32.9 Å². The van der Waals surface area contributed by atoms with Crippen molar-refractivity contribution in [1.82, 2.24) is 5.32 Å². The lowest BCUT2D eigenvalue weighted by molar-refractivity contribution is -0.117. The molecule has 2 aromatic carbocycles. The van der Waals surface area contributed by atoms with Crippen molar-refractivity contribution in [2.75, 3.05) is 4.90 Å². The summed E-state index contributed by atoms with van der Waals surface area (Å²) in [6.45, 7) is 2.07. The minimum atomic E-state index is -0.582. The van der Waals surface area contributed by atoms with Gasteiger partial charge in [0.25, 0.3) is 5.91 Å². The Morgan fingerprint density at radius 3 is 2.59 bits per heavy atom. The molecular weight excluding hydrogens is 493 g/mol. The molecule has 0 aliphatic carbocycles. The first kappa shape index (κ1) is 24.0. The van der Waals surface area contributed by atoms with Gasteiger partial charge in [-0.05, 0) is 55.3 Å². The predicted octanol–water partition coefficient (Wildman–Crippen LogP) is 5.64. The number of rotatable bonds is 6. The van der Waals surface area contributed by atoms with Crippen LogP contribution in [0.25, 0.3) is 0 Å². The van der Waals surface area contributed by atoms with Crippen LogP contribution < -0.4 is 10.2 Å². The van der Waals surface area contributed by atoms with E-state index in [-0.39, 0.29) is 18.0 Å². The number of hydrogen-bond donors (Lipinski definition) is 1. The third kappa shape index (κ3) is 5.15. The smallest absolute Gasteiger partial charge is 0.265 e. The van der Waals surface area contributed by atoms with E-state index in [1.165, 1.54) is 22.9 Å². The zero-order chi connectivity index (χ0) is 24.2. The van der Waals surface area contributed by atoms with E-state index < -0.39 is 11.2 Å². The monoisotopic (exact) mass is 511 g/mol. The lowest BCUT2D eigenvalue weighted by Crippen LogP contribution is -2.32. The normalized spacial score (nSPS) is 16.9. The molecule has 6 nitrogen and oxygen atoms in total. The number of furan rings is 1. The number of anilines is 1. The Balaban J connectivity index is 1.68. The molecule has 1 atom stereocenters. The number of nitrogens with one attached hydrogen (secondary N) is 1. The molecular formula is C25H19Cl2N3O3S. The van der Waals surface area contributed by atoms with E-state index in [1.807, 2.05) is 25.1 Å². The highest BCUT2D eigenvalue weighted by atomic mass is 35.5. The van der Waals surface area contributed by atoms with Gasteiger partial charge in [-0.15, -0.1) is 0 Å². The second kappa shape index (κ2) is 10.4. The quantitative estimate of drug-likeness (QED) is 0.342. The van der Waals surface area contributed by atoms with Gasteiger partial charge < -0.3 is 9.73 Å². The van der Waals surface area contributed by atoms with Gasteiger partial charge in [0.2, 0.25) is 5.91 Å². The minimum Gasteiger partial charge on any atom is -0.467 e. The van der Waals surface area contributed by atoms with Crippen molar-refractivity contribution < 1.29 is 14.0 Å². The van der Waals surface area contributed by atoms with Gasteiger partial charge in [0, 0.05) is 5.69 Å². The standard InChI is InChI=1S/C25H19Cl2N3O3S/c1-15-4-7-17(8-5-15)30-24(32)22(12-16-6-9-20(26)21(27)11-16)34-25(30)19(13-28)23(31)29-14-18-3-2-10-33-18/h2-11,22H,12,14H2,1H3,(H,29,31)/b25-19-/t22-/m0/s1. The van der Waals surface area contributed by atoms with Crippen LogP contribution in [0.3, 0.4) is 0 Å². The molecule has 0 spiro atoms. The molecule has 0 radical (unpaired) electrons. The summed E-state index contributed by atoms with van der Waals surface area (Å²) in [5.74, 6) is -0.248. The van der Waals surface area contributed by atoms with Crippen molar-refractivity contribution in [2.45, 2.75) is 25.1 Å². The highest BCUT2D eigenvalue weighted by Crippen LogP contribution is 2.42. The third-order valence-electron chi connectivity index (χ3n) is 5.21. The summed E-state index contributed by atoms with van der Waals surface area (Å²) < 4.78 is 5.24. The number of amides is 2. The van der Waals surface area contributed by atoms with Gasteiger partial charge in [-0.3, -0.25) is 14.5 Å².